The summed E-state index contributed by atoms with van der Waals surface area (Å²) in [6.07, 6.45) is 0. The number of guanidine groups is 1. The van der Waals surface area contributed by atoms with Crippen molar-refractivity contribution in [2.75, 3.05) is 7.05 Å². The van der Waals surface area contributed by atoms with E-state index in [0.29, 0.717) is 5.56 Å². The van der Waals surface area contributed by atoms with Crippen molar-refractivity contribution in [3.8, 4) is 0 Å². The summed E-state index contributed by atoms with van der Waals surface area (Å²) >= 11 is 0. The molecule has 0 radical (unpaired) electrons. The zero-order valence-corrected chi connectivity index (χ0v) is 11.8. The first-order valence-electron chi connectivity index (χ1n) is 5.67. The zero-order chi connectivity index (χ0) is 14.2. The molecule has 0 unspecified atom stereocenters. The predicted octanol–water partition coefficient (Wildman–Crippen LogP) is 0.710. The van der Waals surface area contributed by atoms with Crippen LogP contribution in [0.5, 0.6) is 0 Å². The topological polar surface area (TPSA) is 89.5 Å². The number of rotatable bonds is 2. The van der Waals surface area contributed by atoms with Crippen LogP contribution >= 0.6 is 0 Å². The van der Waals surface area contributed by atoms with Gasteiger partial charge in [-0.15, -0.1) is 0 Å². The molecule has 0 aliphatic heterocycles. The Morgan fingerprint density at radius 3 is 2.58 bits per heavy atom. The number of hydrogen-bond acceptors (Lipinski definition) is 3. The van der Waals surface area contributed by atoms with Crippen LogP contribution in [-0.4, -0.2) is 26.0 Å². The van der Waals surface area contributed by atoms with E-state index in [0.717, 1.165) is 10.9 Å². The highest BCUT2D eigenvalue weighted by Crippen LogP contribution is 2.27. The number of para-hydroxylation sites is 1. The van der Waals surface area contributed by atoms with E-state index in [-0.39, 0.29) is 11.0 Å². The summed E-state index contributed by atoms with van der Waals surface area (Å²) in [7, 11) is -0.603. The van der Waals surface area contributed by atoms with Gasteiger partial charge in [0.15, 0.2) is 5.03 Å². The number of aliphatic imine (C=N–C) groups is 1. The van der Waals surface area contributed by atoms with Crippen LogP contribution in [0, 0.1) is 6.92 Å². The van der Waals surface area contributed by atoms with Gasteiger partial charge in [0.25, 0.3) is 10.0 Å². The lowest BCUT2D eigenvalue weighted by atomic mass is 10.2. The second-order valence-electron chi connectivity index (χ2n) is 4.22. The molecule has 0 bridgehead atoms. The molecule has 102 valence electrons. The molecule has 7 heteroatoms. The fourth-order valence-corrected chi connectivity index (χ4v) is 3.61. The standard InChI is InChI=1S/C12H16N4O2S/c1-8-9-6-4-5-7-10(9)16(3)11(8)19(17,18)15-12(13)14-2/h4-7H,1-3H3,(H3,13,14,15). The lowest BCUT2D eigenvalue weighted by Gasteiger charge is -2.09. The zero-order valence-electron chi connectivity index (χ0n) is 11.0. The first-order valence-corrected chi connectivity index (χ1v) is 7.16. The lowest BCUT2D eigenvalue weighted by molar-refractivity contribution is 0.582. The van der Waals surface area contributed by atoms with Crippen molar-refractivity contribution in [1.29, 1.82) is 0 Å². The van der Waals surface area contributed by atoms with Crippen molar-refractivity contribution in [2.45, 2.75) is 11.9 Å². The molecule has 0 fully saturated rings. The number of fused-ring (bicyclic) bond motifs is 1. The van der Waals surface area contributed by atoms with Crippen LogP contribution in [0.2, 0.25) is 0 Å². The van der Waals surface area contributed by atoms with Crippen LogP contribution in [0.3, 0.4) is 0 Å². The second kappa shape index (κ2) is 4.58. The van der Waals surface area contributed by atoms with E-state index in [2.05, 4.69) is 9.71 Å². The van der Waals surface area contributed by atoms with Crippen molar-refractivity contribution in [3.63, 3.8) is 0 Å². The van der Waals surface area contributed by atoms with Crippen molar-refractivity contribution in [2.24, 2.45) is 17.8 Å². The predicted molar refractivity (Wildman–Crippen MR) is 75.5 cm³/mol. The summed E-state index contributed by atoms with van der Waals surface area (Å²) in [6.45, 7) is 1.77. The van der Waals surface area contributed by atoms with E-state index in [1.54, 1.807) is 18.5 Å². The highest BCUT2D eigenvalue weighted by molar-refractivity contribution is 7.90. The number of aryl methyl sites for hydroxylation is 2. The number of benzene rings is 1. The molecule has 0 aliphatic carbocycles. The third kappa shape index (κ3) is 2.17. The average molecular weight is 280 g/mol. The fraction of sp³-hybridized carbons (Fsp3) is 0.250. The quantitative estimate of drug-likeness (QED) is 0.627. The molecule has 0 aliphatic rings. The molecule has 19 heavy (non-hydrogen) atoms. The Morgan fingerprint density at radius 2 is 2.00 bits per heavy atom. The Balaban J connectivity index is 2.70. The third-order valence-corrected chi connectivity index (χ3v) is 4.60. The monoisotopic (exact) mass is 280 g/mol. The molecule has 2 rings (SSSR count). The fourth-order valence-electron chi connectivity index (χ4n) is 2.17. The van der Waals surface area contributed by atoms with E-state index in [1.165, 1.54) is 7.05 Å². The van der Waals surface area contributed by atoms with Gasteiger partial charge in [-0.25, -0.2) is 4.72 Å². The maximum atomic E-state index is 12.3. The van der Waals surface area contributed by atoms with Gasteiger partial charge in [-0.2, -0.15) is 8.42 Å². The number of aromatic nitrogens is 1. The summed E-state index contributed by atoms with van der Waals surface area (Å²) in [5.74, 6) is -0.135. The number of nitrogens with one attached hydrogen (secondary N) is 1. The third-order valence-electron chi connectivity index (χ3n) is 3.03. The summed E-state index contributed by atoms with van der Waals surface area (Å²) in [6, 6.07) is 7.51. The Labute approximate surface area is 112 Å². The lowest BCUT2D eigenvalue weighted by Crippen LogP contribution is -2.37. The number of sulfonamides is 1. The van der Waals surface area contributed by atoms with Crippen LogP contribution < -0.4 is 10.5 Å². The largest absolute Gasteiger partial charge is 0.369 e. The van der Waals surface area contributed by atoms with Crippen molar-refractivity contribution >= 4 is 26.9 Å². The van der Waals surface area contributed by atoms with Crippen LogP contribution in [0.4, 0.5) is 0 Å². The van der Waals surface area contributed by atoms with Gasteiger partial charge < -0.3 is 10.3 Å². The Morgan fingerprint density at radius 1 is 1.37 bits per heavy atom. The number of nitrogens with two attached hydrogens (primary N) is 1. The van der Waals surface area contributed by atoms with Crippen molar-refractivity contribution < 1.29 is 8.42 Å². The molecule has 3 N–H and O–H groups in total. The molecule has 2 aromatic rings. The van der Waals surface area contributed by atoms with E-state index < -0.39 is 10.0 Å². The highest BCUT2D eigenvalue weighted by atomic mass is 32.2. The molecule has 0 amide bonds. The SMILES string of the molecule is CN=C(N)NS(=O)(=O)c1c(C)c2ccccc2n1C. The Hall–Kier alpha value is -2.02. The molecule has 1 heterocycles. The summed E-state index contributed by atoms with van der Waals surface area (Å²) < 4.78 is 28.5. The molecule has 0 spiro atoms. The van der Waals surface area contributed by atoms with E-state index in [9.17, 15) is 8.42 Å². The minimum atomic E-state index is -3.74. The van der Waals surface area contributed by atoms with Gasteiger partial charge in [0.1, 0.15) is 0 Å². The normalized spacial score (nSPS) is 12.9. The minimum absolute atomic E-state index is 0.135. The van der Waals surface area contributed by atoms with Crippen LogP contribution in [0.25, 0.3) is 10.9 Å². The Kier molecular flexibility index (Phi) is 3.23. The summed E-state index contributed by atoms with van der Waals surface area (Å²) in [4.78, 5) is 3.61. The van der Waals surface area contributed by atoms with Crippen LogP contribution in [0.15, 0.2) is 34.3 Å². The van der Waals surface area contributed by atoms with Crippen LogP contribution in [0.1, 0.15) is 5.56 Å². The maximum Gasteiger partial charge on any atom is 0.280 e. The molecule has 0 atom stereocenters. The minimum Gasteiger partial charge on any atom is -0.369 e. The van der Waals surface area contributed by atoms with Crippen molar-refractivity contribution in [1.82, 2.24) is 9.29 Å². The first-order chi connectivity index (χ1) is 8.88. The van der Waals surface area contributed by atoms with E-state index in [1.807, 2.05) is 24.3 Å². The molecule has 1 aromatic carbocycles. The highest BCUT2D eigenvalue weighted by Gasteiger charge is 2.24. The Bertz CT molecular complexity index is 720. The van der Waals surface area contributed by atoms with Gasteiger partial charge in [-0.05, 0) is 18.6 Å². The second-order valence-corrected chi connectivity index (χ2v) is 5.82. The maximum absolute atomic E-state index is 12.3. The molecular weight excluding hydrogens is 264 g/mol. The molecule has 0 saturated heterocycles. The average Bonchev–Trinajstić information content (AvgIpc) is 2.62. The number of hydrogen-bond donors (Lipinski definition) is 2. The molecule has 1 aromatic heterocycles. The van der Waals surface area contributed by atoms with Gasteiger partial charge in [-0.3, -0.25) is 4.99 Å². The van der Waals surface area contributed by atoms with Gasteiger partial charge in [0.05, 0.1) is 0 Å². The summed E-state index contributed by atoms with van der Waals surface area (Å²) in [5.41, 5.74) is 6.98. The van der Waals surface area contributed by atoms with Crippen molar-refractivity contribution in [3.05, 3.63) is 29.8 Å². The van der Waals surface area contributed by atoms with Gasteiger partial charge in [-0.1, -0.05) is 18.2 Å². The molecule has 0 saturated carbocycles. The van der Waals surface area contributed by atoms with E-state index >= 15 is 0 Å². The first kappa shape index (κ1) is 13.4. The molecule has 6 nitrogen and oxygen atoms in total. The molecular formula is C12H16N4O2S. The smallest absolute Gasteiger partial charge is 0.280 e. The summed E-state index contributed by atoms with van der Waals surface area (Å²) in [5, 5.41) is 1.10. The van der Waals surface area contributed by atoms with Gasteiger partial charge in [0, 0.05) is 25.0 Å². The van der Waals surface area contributed by atoms with Gasteiger partial charge >= 0.3 is 0 Å². The van der Waals surface area contributed by atoms with E-state index in [4.69, 9.17) is 5.73 Å². The van der Waals surface area contributed by atoms with Gasteiger partial charge in [0.2, 0.25) is 5.96 Å². The van der Waals surface area contributed by atoms with Crippen LogP contribution in [-0.2, 0) is 17.1 Å². The number of nitrogens with zero attached hydrogens (tertiary/aromatic N) is 2.